The van der Waals surface area contributed by atoms with Crippen LogP contribution in [0.1, 0.15) is 35.4 Å². The average molecular weight is 455 g/mol. The van der Waals surface area contributed by atoms with Crippen molar-refractivity contribution in [3.63, 3.8) is 0 Å². The number of methoxy groups -OCH3 is 1. The largest absolute Gasteiger partial charge is 0.465 e. The van der Waals surface area contributed by atoms with Gasteiger partial charge < -0.3 is 14.1 Å². The maximum Gasteiger partial charge on any atom is 0.337 e. The molecule has 2 aromatic rings. The molecule has 9 heteroatoms. The van der Waals surface area contributed by atoms with Gasteiger partial charge in [-0.25, -0.2) is 4.79 Å². The standard InChI is InChI=1S/C23H22N2O6S/c1-30-22(28)16-7-5-15(6-8-16)18-10-9-17(31-18)13-19-21(27)25(23(29)32-19)14-20(26)24-11-3-2-4-12-24/h5-10,13H,2-4,11-12,14H2,1H3/b19-13+. The number of hydrogen-bond acceptors (Lipinski definition) is 7. The molecule has 0 unspecified atom stereocenters. The lowest BCUT2D eigenvalue weighted by Crippen LogP contribution is -2.44. The lowest BCUT2D eigenvalue weighted by atomic mass is 10.1. The number of likely N-dealkylation sites (tertiary alicyclic amines) is 1. The van der Waals surface area contributed by atoms with Gasteiger partial charge in [-0.15, -0.1) is 0 Å². The fourth-order valence-corrected chi connectivity index (χ4v) is 4.44. The fraction of sp³-hybridized carbons (Fsp3) is 0.304. The van der Waals surface area contributed by atoms with Crippen LogP contribution < -0.4 is 0 Å². The van der Waals surface area contributed by atoms with E-state index >= 15 is 0 Å². The van der Waals surface area contributed by atoms with Crippen LogP contribution in [-0.2, 0) is 14.3 Å². The van der Waals surface area contributed by atoms with Crippen molar-refractivity contribution in [1.29, 1.82) is 0 Å². The monoisotopic (exact) mass is 454 g/mol. The minimum atomic E-state index is -0.495. The van der Waals surface area contributed by atoms with Crippen LogP contribution in [0.4, 0.5) is 4.79 Å². The molecular weight excluding hydrogens is 432 g/mol. The van der Waals surface area contributed by atoms with Gasteiger partial charge in [-0.3, -0.25) is 19.3 Å². The number of ether oxygens (including phenoxy) is 1. The van der Waals surface area contributed by atoms with Gasteiger partial charge in [-0.1, -0.05) is 12.1 Å². The SMILES string of the molecule is COC(=O)c1ccc(-c2ccc(/C=C3/SC(=O)N(CC(=O)N4CCCCC4)C3=O)o2)cc1. The lowest BCUT2D eigenvalue weighted by molar-refractivity contribution is -0.136. The Bertz CT molecular complexity index is 1080. The second-order valence-corrected chi connectivity index (χ2v) is 8.47. The third-order valence-corrected chi connectivity index (χ3v) is 6.27. The Hall–Kier alpha value is -3.33. The second kappa shape index (κ2) is 9.44. The molecule has 0 saturated carbocycles. The fourth-order valence-electron chi connectivity index (χ4n) is 3.62. The molecule has 0 spiro atoms. The summed E-state index contributed by atoms with van der Waals surface area (Å²) in [6.07, 6.45) is 4.48. The summed E-state index contributed by atoms with van der Waals surface area (Å²) in [5.41, 5.74) is 1.17. The number of furan rings is 1. The van der Waals surface area contributed by atoms with Crippen molar-refractivity contribution in [3.8, 4) is 11.3 Å². The van der Waals surface area contributed by atoms with Gasteiger partial charge in [-0.05, 0) is 55.3 Å². The van der Waals surface area contributed by atoms with Crippen molar-refractivity contribution in [2.45, 2.75) is 19.3 Å². The van der Waals surface area contributed by atoms with E-state index in [1.807, 2.05) is 0 Å². The van der Waals surface area contributed by atoms with Gasteiger partial charge in [0.25, 0.3) is 11.1 Å². The molecular formula is C23H22N2O6S. The van der Waals surface area contributed by atoms with Crippen LogP contribution in [0, 0.1) is 0 Å². The predicted molar refractivity (Wildman–Crippen MR) is 119 cm³/mol. The molecule has 4 rings (SSSR count). The third-order valence-electron chi connectivity index (χ3n) is 5.37. The Morgan fingerprint density at radius 2 is 1.78 bits per heavy atom. The number of piperidine rings is 1. The number of esters is 1. The van der Waals surface area contributed by atoms with Crippen molar-refractivity contribution < 1.29 is 28.3 Å². The van der Waals surface area contributed by atoms with Gasteiger partial charge in [-0.2, -0.15) is 0 Å². The average Bonchev–Trinajstić information content (AvgIpc) is 3.39. The number of carbonyl (C=O) groups is 4. The highest BCUT2D eigenvalue weighted by Crippen LogP contribution is 2.33. The number of nitrogens with zero attached hydrogens (tertiary/aromatic N) is 2. The van der Waals surface area contributed by atoms with Crippen LogP contribution >= 0.6 is 11.8 Å². The summed E-state index contributed by atoms with van der Waals surface area (Å²) >= 11 is 0.794. The molecule has 3 heterocycles. The quantitative estimate of drug-likeness (QED) is 0.501. The molecule has 32 heavy (non-hydrogen) atoms. The number of imide groups is 1. The number of rotatable bonds is 5. The predicted octanol–water partition coefficient (Wildman–Crippen LogP) is 3.78. The summed E-state index contributed by atoms with van der Waals surface area (Å²) in [5, 5.41) is -0.461. The van der Waals surface area contributed by atoms with Crippen LogP contribution in [0.3, 0.4) is 0 Å². The number of thioether (sulfide) groups is 1. The molecule has 166 valence electrons. The van der Waals surface area contributed by atoms with Crippen molar-refractivity contribution in [2.75, 3.05) is 26.7 Å². The van der Waals surface area contributed by atoms with Gasteiger partial charge >= 0.3 is 5.97 Å². The maximum atomic E-state index is 12.7. The van der Waals surface area contributed by atoms with Crippen LogP contribution in [0.5, 0.6) is 0 Å². The summed E-state index contributed by atoms with van der Waals surface area (Å²) in [6.45, 7) is 1.10. The Morgan fingerprint density at radius 1 is 1.06 bits per heavy atom. The van der Waals surface area contributed by atoms with Gasteiger partial charge in [0.1, 0.15) is 18.1 Å². The first-order valence-electron chi connectivity index (χ1n) is 10.3. The first-order valence-corrected chi connectivity index (χ1v) is 11.1. The van der Waals surface area contributed by atoms with E-state index in [0.29, 0.717) is 30.2 Å². The zero-order valence-corrected chi connectivity index (χ0v) is 18.4. The van der Waals surface area contributed by atoms with E-state index in [4.69, 9.17) is 4.42 Å². The van der Waals surface area contributed by atoms with Gasteiger partial charge in [0, 0.05) is 24.7 Å². The Labute approximate surface area is 189 Å². The number of amides is 3. The summed E-state index contributed by atoms with van der Waals surface area (Å²) in [4.78, 5) is 52.0. The second-order valence-electron chi connectivity index (χ2n) is 7.48. The van der Waals surface area contributed by atoms with E-state index in [2.05, 4.69) is 4.74 Å². The molecule has 2 saturated heterocycles. The van der Waals surface area contributed by atoms with E-state index in [-0.39, 0.29) is 17.4 Å². The molecule has 0 N–H and O–H groups in total. The van der Waals surface area contributed by atoms with Crippen LogP contribution in [-0.4, -0.2) is 59.6 Å². The van der Waals surface area contributed by atoms with Gasteiger partial charge in [0.05, 0.1) is 17.6 Å². The van der Waals surface area contributed by atoms with Crippen molar-refractivity contribution in [3.05, 3.63) is 52.6 Å². The normalized spacial score (nSPS) is 17.8. The Morgan fingerprint density at radius 3 is 2.47 bits per heavy atom. The lowest BCUT2D eigenvalue weighted by Gasteiger charge is -2.27. The number of hydrogen-bond donors (Lipinski definition) is 0. The van der Waals surface area contributed by atoms with E-state index < -0.39 is 17.1 Å². The summed E-state index contributed by atoms with van der Waals surface area (Å²) in [7, 11) is 1.32. The van der Waals surface area contributed by atoms with Crippen molar-refractivity contribution >= 4 is 40.9 Å². The highest BCUT2D eigenvalue weighted by molar-refractivity contribution is 8.18. The minimum absolute atomic E-state index is 0.205. The molecule has 2 fully saturated rings. The van der Waals surface area contributed by atoms with Gasteiger partial charge in [0.2, 0.25) is 5.91 Å². The van der Waals surface area contributed by atoms with Crippen LogP contribution in [0.2, 0.25) is 0 Å². The maximum absolute atomic E-state index is 12.7. The van der Waals surface area contributed by atoms with Crippen molar-refractivity contribution in [1.82, 2.24) is 9.80 Å². The molecule has 0 bridgehead atoms. The van der Waals surface area contributed by atoms with Crippen LogP contribution in [0.25, 0.3) is 17.4 Å². The molecule has 2 aliphatic rings. The minimum Gasteiger partial charge on any atom is -0.465 e. The highest BCUT2D eigenvalue weighted by Gasteiger charge is 2.37. The van der Waals surface area contributed by atoms with E-state index in [1.54, 1.807) is 41.3 Å². The molecule has 2 aliphatic heterocycles. The summed E-state index contributed by atoms with van der Waals surface area (Å²) in [6, 6.07) is 10.2. The topological polar surface area (TPSA) is 97.1 Å². The molecule has 0 aliphatic carbocycles. The zero-order chi connectivity index (χ0) is 22.7. The summed E-state index contributed by atoms with van der Waals surface area (Å²) < 4.78 is 10.5. The number of carbonyl (C=O) groups excluding carboxylic acids is 4. The van der Waals surface area contributed by atoms with E-state index in [0.717, 1.165) is 41.5 Å². The third kappa shape index (κ3) is 4.62. The Kier molecular flexibility index (Phi) is 6.45. The number of benzene rings is 1. The first-order chi connectivity index (χ1) is 15.5. The molecule has 0 atom stereocenters. The summed E-state index contributed by atoms with van der Waals surface area (Å²) in [5.74, 6) is -0.169. The molecule has 3 amide bonds. The molecule has 0 radical (unpaired) electrons. The zero-order valence-electron chi connectivity index (χ0n) is 17.5. The molecule has 8 nitrogen and oxygen atoms in total. The smallest absolute Gasteiger partial charge is 0.337 e. The molecule has 1 aromatic heterocycles. The highest BCUT2D eigenvalue weighted by atomic mass is 32.2. The first kappa shape index (κ1) is 21.9. The van der Waals surface area contributed by atoms with Crippen molar-refractivity contribution in [2.24, 2.45) is 0 Å². The Balaban J connectivity index is 1.44. The molecule has 1 aromatic carbocycles. The van der Waals surface area contributed by atoms with Gasteiger partial charge in [0.15, 0.2) is 0 Å². The van der Waals surface area contributed by atoms with E-state index in [9.17, 15) is 19.2 Å². The van der Waals surface area contributed by atoms with Crippen LogP contribution in [0.15, 0.2) is 45.7 Å². The van der Waals surface area contributed by atoms with E-state index in [1.165, 1.54) is 13.2 Å².